The van der Waals surface area contributed by atoms with E-state index in [9.17, 15) is 5.11 Å². The summed E-state index contributed by atoms with van der Waals surface area (Å²) in [6.07, 6.45) is -1.82. The normalized spacial score (nSPS) is 24.0. The van der Waals surface area contributed by atoms with Gasteiger partial charge in [-0.05, 0) is 22.4 Å². The van der Waals surface area contributed by atoms with Crippen LogP contribution in [0.2, 0.25) is 0 Å². The summed E-state index contributed by atoms with van der Waals surface area (Å²) in [4.78, 5) is -0.925. The third kappa shape index (κ3) is 7.17. The van der Waals surface area contributed by atoms with Crippen LogP contribution in [0.15, 0.2) is 91.0 Å². The first kappa shape index (κ1) is 25.9. The van der Waals surface area contributed by atoms with Gasteiger partial charge in [0.1, 0.15) is 18.3 Å². The van der Waals surface area contributed by atoms with E-state index in [0.29, 0.717) is 26.4 Å². The van der Waals surface area contributed by atoms with Crippen molar-refractivity contribution in [2.75, 3.05) is 19.0 Å². The number of hydrogen-bond donors (Lipinski definition) is 1. The van der Waals surface area contributed by atoms with Crippen LogP contribution in [0.4, 0.5) is 0 Å². The highest BCUT2D eigenvalue weighted by Gasteiger charge is 2.55. The summed E-state index contributed by atoms with van der Waals surface area (Å²) in [6.45, 7) is 3.93. The van der Waals surface area contributed by atoms with E-state index in [0.717, 1.165) is 22.4 Å². The smallest absolute Gasteiger partial charge is 0.166 e. The summed E-state index contributed by atoms with van der Waals surface area (Å²) in [5.41, 5.74) is 3.22. The van der Waals surface area contributed by atoms with Crippen LogP contribution in [0.3, 0.4) is 0 Å². The predicted molar refractivity (Wildman–Crippen MR) is 139 cm³/mol. The average Bonchev–Trinajstić information content (AvgIpc) is 3.15. The summed E-state index contributed by atoms with van der Waals surface area (Å²) < 4.78 is 24.8. The van der Waals surface area contributed by atoms with Crippen molar-refractivity contribution in [1.82, 2.24) is 0 Å². The van der Waals surface area contributed by atoms with E-state index in [1.165, 1.54) is 0 Å². The van der Waals surface area contributed by atoms with E-state index in [1.54, 1.807) is 11.8 Å². The molecule has 4 rings (SSSR count). The van der Waals surface area contributed by atoms with Crippen LogP contribution >= 0.6 is 11.8 Å². The van der Waals surface area contributed by atoms with Crippen molar-refractivity contribution in [2.24, 2.45) is 0 Å². The second kappa shape index (κ2) is 13.2. The van der Waals surface area contributed by atoms with Crippen molar-refractivity contribution in [3.8, 4) is 0 Å². The zero-order valence-electron chi connectivity index (χ0n) is 20.1. The summed E-state index contributed by atoms with van der Waals surface area (Å²) in [6, 6.07) is 30.0. The first-order valence-electron chi connectivity index (χ1n) is 12.1. The van der Waals surface area contributed by atoms with E-state index in [1.807, 2.05) is 91.0 Å². The predicted octanol–water partition coefficient (Wildman–Crippen LogP) is 5.21. The maximum absolute atomic E-state index is 11.5. The van der Waals surface area contributed by atoms with Gasteiger partial charge < -0.3 is 24.1 Å². The van der Waals surface area contributed by atoms with Gasteiger partial charge in [0, 0.05) is 0 Å². The Morgan fingerprint density at radius 2 is 1.29 bits per heavy atom. The highest BCUT2D eigenvalue weighted by atomic mass is 32.2. The van der Waals surface area contributed by atoms with Gasteiger partial charge >= 0.3 is 0 Å². The van der Waals surface area contributed by atoms with E-state index in [2.05, 4.69) is 6.92 Å². The van der Waals surface area contributed by atoms with Gasteiger partial charge in [-0.3, -0.25) is 0 Å². The molecule has 0 aromatic heterocycles. The van der Waals surface area contributed by atoms with Crippen LogP contribution in [0, 0.1) is 0 Å². The molecular weight excluding hydrogens is 460 g/mol. The molecule has 3 aromatic rings. The number of benzene rings is 3. The third-order valence-electron chi connectivity index (χ3n) is 5.96. The number of rotatable bonds is 13. The Morgan fingerprint density at radius 3 is 1.83 bits per heavy atom. The molecule has 6 heteroatoms. The molecule has 1 fully saturated rings. The lowest BCUT2D eigenvalue weighted by atomic mass is 10.1. The minimum atomic E-state index is -0.925. The van der Waals surface area contributed by atoms with Crippen LogP contribution in [0.25, 0.3) is 0 Å². The van der Waals surface area contributed by atoms with Crippen molar-refractivity contribution >= 4 is 11.8 Å². The molecule has 0 radical (unpaired) electrons. The van der Waals surface area contributed by atoms with Crippen LogP contribution in [0.5, 0.6) is 0 Å². The minimum Gasteiger partial charge on any atom is -0.386 e. The van der Waals surface area contributed by atoms with Crippen LogP contribution in [-0.4, -0.2) is 47.3 Å². The molecule has 186 valence electrons. The Balaban J connectivity index is 1.44. The number of aliphatic hydroxyl groups excluding tert-OH is 1. The monoisotopic (exact) mass is 494 g/mol. The molecule has 1 aliphatic rings. The Morgan fingerprint density at radius 1 is 0.771 bits per heavy atom. The fourth-order valence-electron chi connectivity index (χ4n) is 4.22. The molecule has 0 unspecified atom stereocenters. The Hall–Kier alpha value is -2.19. The SMILES string of the molecule is CCS[C@]1(COCc2ccccc2)O[C@H](COCc2ccccc2)[C@@H](OCc2ccccc2)[C@@H]1O. The number of thioether (sulfide) groups is 1. The topological polar surface area (TPSA) is 57.2 Å². The van der Waals surface area contributed by atoms with Gasteiger partial charge in [-0.2, -0.15) is 0 Å². The summed E-state index contributed by atoms with van der Waals surface area (Å²) in [7, 11) is 0. The molecule has 0 bridgehead atoms. The number of ether oxygens (including phenoxy) is 4. The van der Waals surface area contributed by atoms with E-state index < -0.39 is 23.2 Å². The lowest BCUT2D eigenvalue weighted by Crippen LogP contribution is -2.45. The quantitative estimate of drug-likeness (QED) is 0.352. The van der Waals surface area contributed by atoms with Crippen molar-refractivity contribution in [3.63, 3.8) is 0 Å². The van der Waals surface area contributed by atoms with Gasteiger partial charge in [0.05, 0.1) is 33.0 Å². The molecular formula is C29H34O5S. The van der Waals surface area contributed by atoms with Crippen LogP contribution in [-0.2, 0) is 38.8 Å². The van der Waals surface area contributed by atoms with Gasteiger partial charge in [0.2, 0.25) is 0 Å². The molecule has 1 saturated heterocycles. The largest absolute Gasteiger partial charge is 0.386 e. The third-order valence-corrected chi connectivity index (χ3v) is 7.19. The Kier molecular flexibility index (Phi) is 9.77. The standard InChI is InChI=1S/C29H34O5S/c1-2-35-29(22-32-19-24-14-8-4-9-15-24)28(30)27(33-20-25-16-10-5-11-17-25)26(34-29)21-31-18-23-12-6-3-7-13-23/h3-17,26-28,30H,2,18-22H2,1H3/t26-,27-,28+,29+/m1/s1. The second-order valence-corrected chi connectivity index (χ2v) is 10.1. The zero-order valence-corrected chi connectivity index (χ0v) is 20.9. The van der Waals surface area contributed by atoms with Crippen LogP contribution < -0.4 is 0 Å². The second-order valence-electron chi connectivity index (χ2n) is 8.59. The first-order chi connectivity index (χ1) is 17.2. The van der Waals surface area contributed by atoms with Crippen molar-refractivity contribution in [3.05, 3.63) is 108 Å². The molecule has 3 aromatic carbocycles. The molecule has 1 aliphatic heterocycles. The number of aliphatic hydroxyl groups is 1. The lowest BCUT2D eigenvalue weighted by Gasteiger charge is -2.31. The zero-order chi connectivity index (χ0) is 24.3. The molecule has 4 atom stereocenters. The minimum absolute atomic E-state index is 0.252. The molecule has 0 saturated carbocycles. The molecule has 1 N–H and O–H groups in total. The molecule has 1 heterocycles. The highest BCUT2D eigenvalue weighted by molar-refractivity contribution is 8.00. The molecule has 5 nitrogen and oxygen atoms in total. The molecule has 0 amide bonds. The maximum atomic E-state index is 11.5. The van der Waals surface area contributed by atoms with Gasteiger partial charge in [-0.25, -0.2) is 0 Å². The van der Waals surface area contributed by atoms with E-state index in [4.69, 9.17) is 18.9 Å². The van der Waals surface area contributed by atoms with Crippen molar-refractivity contribution in [1.29, 1.82) is 0 Å². The van der Waals surface area contributed by atoms with Crippen molar-refractivity contribution in [2.45, 2.75) is 50.0 Å². The van der Waals surface area contributed by atoms with E-state index in [-0.39, 0.29) is 6.61 Å². The Labute approximate surface area is 212 Å². The Bertz CT molecular complexity index is 988. The fourth-order valence-corrected chi connectivity index (χ4v) is 5.37. The van der Waals surface area contributed by atoms with Gasteiger partial charge in [0.25, 0.3) is 0 Å². The summed E-state index contributed by atoms with van der Waals surface area (Å²) in [5, 5.41) is 11.5. The van der Waals surface area contributed by atoms with Gasteiger partial charge in [-0.15, -0.1) is 11.8 Å². The maximum Gasteiger partial charge on any atom is 0.166 e. The molecule has 0 aliphatic carbocycles. The molecule has 0 spiro atoms. The van der Waals surface area contributed by atoms with E-state index >= 15 is 0 Å². The van der Waals surface area contributed by atoms with Gasteiger partial charge in [-0.1, -0.05) is 97.9 Å². The van der Waals surface area contributed by atoms with Crippen LogP contribution in [0.1, 0.15) is 23.6 Å². The first-order valence-corrected chi connectivity index (χ1v) is 13.1. The average molecular weight is 495 g/mol. The summed E-state index contributed by atoms with van der Waals surface area (Å²) >= 11 is 1.56. The van der Waals surface area contributed by atoms with Crippen molar-refractivity contribution < 1.29 is 24.1 Å². The van der Waals surface area contributed by atoms with Gasteiger partial charge in [0.15, 0.2) is 4.93 Å². The highest BCUT2D eigenvalue weighted by Crippen LogP contribution is 2.42. The summed E-state index contributed by atoms with van der Waals surface area (Å²) in [5.74, 6) is 0.773. The fraction of sp³-hybridized carbons (Fsp3) is 0.379. The number of hydrogen-bond acceptors (Lipinski definition) is 6. The molecule has 35 heavy (non-hydrogen) atoms. The lowest BCUT2D eigenvalue weighted by molar-refractivity contribution is -0.0930.